The Morgan fingerprint density at radius 1 is 1.25 bits per heavy atom. The van der Waals surface area contributed by atoms with Crippen LogP contribution in [0.4, 0.5) is 5.69 Å². The zero-order valence-corrected chi connectivity index (χ0v) is 14.7. The summed E-state index contributed by atoms with van der Waals surface area (Å²) in [5, 5.41) is 3.45. The van der Waals surface area contributed by atoms with E-state index in [4.69, 9.17) is 4.74 Å². The molecule has 1 aromatic heterocycles. The van der Waals surface area contributed by atoms with Gasteiger partial charge in [-0.2, -0.15) is 0 Å². The first kappa shape index (κ1) is 15.3. The number of aromatic nitrogens is 1. The summed E-state index contributed by atoms with van der Waals surface area (Å²) >= 11 is 6.92. The smallest absolute Gasteiger partial charge is 0.133 e. The molecule has 0 amide bonds. The van der Waals surface area contributed by atoms with Crippen LogP contribution in [0.1, 0.15) is 24.1 Å². The average Bonchev–Trinajstić information content (AvgIpc) is 2.42. The topological polar surface area (TPSA) is 34.1 Å². The Bertz CT molecular complexity index is 617. The zero-order valence-electron chi connectivity index (χ0n) is 11.6. The molecule has 1 atom stereocenters. The van der Waals surface area contributed by atoms with Crippen LogP contribution in [0.25, 0.3) is 0 Å². The van der Waals surface area contributed by atoms with Gasteiger partial charge in [-0.05, 0) is 75.0 Å². The summed E-state index contributed by atoms with van der Waals surface area (Å²) in [5.74, 6) is 0.835. The first-order valence-corrected chi connectivity index (χ1v) is 7.82. The van der Waals surface area contributed by atoms with Crippen LogP contribution in [0, 0.1) is 6.92 Å². The number of anilines is 1. The van der Waals surface area contributed by atoms with Gasteiger partial charge in [0.1, 0.15) is 10.4 Å². The minimum atomic E-state index is 0.180. The van der Waals surface area contributed by atoms with Gasteiger partial charge >= 0.3 is 0 Å². The Kier molecular flexibility index (Phi) is 5.05. The molecule has 1 aromatic carbocycles. The van der Waals surface area contributed by atoms with Crippen LogP contribution in [-0.2, 0) is 0 Å². The van der Waals surface area contributed by atoms with E-state index in [-0.39, 0.29) is 6.04 Å². The molecular weight excluding hydrogens is 384 g/mol. The van der Waals surface area contributed by atoms with Crippen LogP contribution in [0.15, 0.2) is 39.5 Å². The van der Waals surface area contributed by atoms with Crippen molar-refractivity contribution < 1.29 is 4.74 Å². The van der Waals surface area contributed by atoms with E-state index < -0.39 is 0 Å². The van der Waals surface area contributed by atoms with E-state index in [2.05, 4.69) is 67.3 Å². The van der Waals surface area contributed by atoms with Gasteiger partial charge in [-0.1, -0.05) is 6.07 Å². The second kappa shape index (κ2) is 6.59. The third kappa shape index (κ3) is 3.52. The number of benzene rings is 1. The fourth-order valence-corrected chi connectivity index (χ4v) is 2.70. The minimum Gasteiger partial charge on any atom is -0.496 e. The second-order valence-corrected chi connectivity index (χ2v) is 6.20. The van der Waals surface area contributed by atoms with E-state index in [1.807, 2.05) is 19.2 Å². The van der Waals surface area contributed by atoms with E-state index in [0.29, 0.717) is 0 Å². The Morgan fingerprint density at radius 3 is 2.60 bits per heavy atom. The van der Waals surface area contributed by atoms with Crippen molar-refractivity contribution in [2.45, 2.75) is 19.9 Å². The highest BCUT2D eigenvalue weighted by Gasteiger charge is 2.09. The molecule has 0 radical (unpaired) electrons. The Hall–Kier alpha value is -1.07. The number of nitrogens with one attached hydrogen (secondary N) is 1. The van der Waals surface area contributed by atoms with Crippen LogP contribution in [-0.4, -0.2) is 12.1 Å². The second-order valence-electron chi connectivity index (χ2n) is 4.59. The van der Waals surface area contributed by atoms with E-state index in [1.54, 1.807) is 7.11 Å². The lowest BCUT2D eigenvalue weighted by molar-refractivity contribution is 0.412. The van der Waals surface area contributed by atoms with Crippen molar-refractivity contribution in [2.24, 2.45) is 0 Å². The summed E-state index contributed by atoms with van der Waals surface area (Å²) in [4.78, 5) is 4.30. The average molecular weight is 400 g/mol. The van der Waals surface area contributed by atoms with Gasteiger partial charge in [0.15, 0.2) is 0 Å². The Labute approximate surface area is 136 Å². The molecular formula is C15H16Br2N2O. The maximum atomic E-state index is 5.24. The standard InChI is InChI=1S/C15H16Br2N2O/c1-9-6-12(8-18-15(9)17)19-10(2)11-4-5-14(20-3)13(16)7-11/h4-8,10,19H,1-3H3. The zero-order chi connectivity index (χ0) is 14.7. The molecule has 0 aliphatic heterocycles. The summed E-state index contributed by atoms with van der Waals surface area (Å²) in [6.45, 7) is 4.14. The molecule has 0 aliphatic rings. The van der Waals surface area contributed by atoms with E-state index in [0.717, 1.165) is 26.1 Å². The maximum absolute atomic E-state index is 5.24. The van der Waals surface area contributed by atoms with Crippen LogP contribution in [0.5, 0.6) is 5.75 Å². The Morgan fingerprint density at radius 2 is 2.00 bits per heavy atom. The largest absolute Gasteiger partial charge is 0.496 e. The van der Waals surface area contributed by atoms with Gasteiger partial charge in [0.05, 0.1) is 23.5 Å². The lowest BCUT2D eigenvalue weighted by atomic mass is 10.1. The maximum Gasteiger partial charge on any atom is 0.133 e. The summed E-state index contributed by atoms with van der Waals surface area (Å²) in [5.41, 5.74) is 3.29. The number of hydrogen-bond donors (Lipinski definition) is 1. The van der Waals surface area contributed by atoms with Crippen LogP contribution < -0.4 is 10.1 Å². The van der Waals surface area contributed by atoms with Crippen molar-refractivity contribution in [3.63, 3.8) is 0 Å². The van der Waals surface area contributed by atoms with E-state index in [9.17, 15) is 0 Å². The molecule has 20 heavy (non-hydrogen) atoms. The number of ether oxygens (including phenoxy) is 1. The molecule has 1 N–H and O–H groups in total. The van der Waals surface area contributed by atoms with Gasteiger partial charge in [0, 0.05) is 6.04 Å². The Balaban J connectivity index is 2.17. The van der Waals surface area contributed by atoms with Gasteiger partial charge in [-0.3, -0.25) is 0 Å². The molecule has 106 valence electrons. The monoisotopic (exact) mass is 398 g/mol. The first-order valence-electron chi connectivity index (χ1n) is 6.23. The summed E-state index contributed by atoms with van der Waals surface area (Å²) < 4.78 is 7.08. The number of hydrogen-bond acceptors (Lipinski definition) is 3. The van der Waals surface area contributed by atoms with Gasteiger partial charge < -0.3 is 10.1 Å². The van der Waals surface area contributed by atoms with Gasteiger partial charge in [-0.15, -0.1) is 0 Å². The molecule has 0 bridgehead atoms. The molecule has 0 aliphatic carbocycles. The molecule has 0 fully saturated rings. The SMILES string of the molecule is COc1ccc(C(C)Nc2cnc(Br)c(C)c2)cc1Br. The fourth-order valence-electron chi connectivity index (χ4n) is 1.92. The van der Waals surface area contributed by atoms with Crippen molar-refractivity contribution in [3.05, 3.63) is 50.7 Å². The third-order valence-electron chi connectivity index (χ3n) is 3.07. The molecule has 2 rings (SSSR count). The van der Waals surface area contributed by atoms with Crippen molar-refractivity contribution >= 4 is 37.5 Å². The van der Waals surface area contributed by atoms with Gasteiger partial charge in [0.2, 0.25) is 0 Å². The van der Waals surface area contributed by atoms with E-state index in [1.165, 1.54) is 5.56 Å². The number of rotatable bonds is 4. The van der Waals surface area contributed by atoms with Crippen LogP contribution in [0.3, 0.4) is 0 Å². The number of methoxy groups -OCH3 is 1. The minimum absolute atomic E-state index is 0.180. The van der Waals surface area contributed by atoms with Crippen LogP contribution in [0.2, 0.25) is 0 Å². The first-order chi connectivity index (χ1) is 9.51. The highest BCUT2D eigenvalue weighted by Crippen LogP contribution is 2.29. The highest BCUT2D eigenvalue weighted by molar-refractivity contribution is 9.10. The number of pyridine rings is 1. The summed E-state index contributed by atoms with van der Waals surface area (Å²) in [6.07, 6.45) is 1.83. The third-order valence-corrected chi connectivity index (χ3v) is 4.52. The molecule has 0 saturated carbocycles. The molecule has 0 saturated heterocycles. The van der Waals surface area contributed by atoms with Crippen molar-refractivity contribution in [2.75, 3.05) is 12.4 Å². The summed E-state index contributed by atoms with van der Waals surface area (Å²) in [7, 11) is 1.66. The van der Waals surface area contributed by atoms with Gasteiger partial charge in [-0.25, -0.2) is 4.98 Å². The number of halogens is 2. The quantitative estimate of drug-likeness (QED) is 0.726. The molecule has 2 aromatic rings. The van der Waals surface area contributed by atoms with Crippen molar-refractivity contribution in [1.82, 2.24) is 4.98 Å². The molecule has 3 nitrogen and oxygen atoms in total. The fraction of sp³-hybridized carbons (Fsp3) is 0.267. The van der Waals surface area contributed by atoms with Crippen LogP contribution >= 0.6 is 31.9 Å². The normalized spacial score (nSPS) is 12.1. The molecule has 1 heterocycles. The van der Waals surface area contributed by atoms with Gasteiger partial charge in [0.25, 0.3) is 0 Å². The lowest BCUT2D eigenvalue weighted by Crippen LogP contribution is -2.07. The van der Waals surface area contributed by atoms with Crippen molar-refractivity contribution in [3.8, 4) is 5.75 Å². The predicted octanol–water partition coefficient (Wildman–Crippen LogP) is 5.10. The predicted molar refractivity (Wildman–Crippen MR) is 89.4 cm³/mol. The molecule has 1 unspecified atom stereocenters. The van der Waals surface area contributed by atoms with E-state index >= 15 is 0 Å². The summed E-state index contributed by atoms with van der Waals surface area (Å²) in [6, 6.07) is 8.34. The highest BCUT2D eigenvalue weighted by atomic mass is 79.9. The lowest BCUT2D eigenvalue weighted by Gasteiger charge is -2.17. The number of aryl methyl sites for hydroxylation is 1. The number of nitrogens with zero attached hydrogens (tertiary/aromatic N) is 1. The van der Waals surface area contributed by atoms with Crippen molar-refractivity contribution in [1.29, 1.82) is 0 Å². The molecule has 5 heteroatoms. The molecule has 0 spiro atoms.